The maximum Gasteiger partial charge on any atom is 0.223 e. The van der Waals surface area contributed by atoms with Crippen LogP contribution < -0.4 is 11.1 Å². The first kappa shape index (κ1) is 21.2. The molecular formula is C16H25Cl2N3O2S. The van der Waals surface area contributed by atoms with Gasteiger partial charge in [0.15, 0.2) is 0 Å². The molecule has 0 aliphatic carbocycles. The number of thiophene rings is 1. The van der Waals surface area contributed by atoms with Crippen molar-refractivity contribution in [1.82, 2.24) is 10.2 Å². The zero-order valence-electron chi connectivity index (χ0n) is 13.6. The third kappa shape index (κ3) is 6.59. The Morgan fingerprint density at radius 2 is 2.12 bits per heavy atom. The van der Waals surface area contributed by atoms with Crippen molar-refractivity contribution in [2.75, 3.05) is 19.6 Å². The molecule has 0 saturated carbocycles. The van der Waals surface area contributed by atoms with Gasteiger partial charge in [-0.05, 0) is 37.8 Å². The molecule has 136 valence electrons. The number of aryl methyl sites for hydroxylation is 1. The van der Waals surface area contributed by atoms with E-state index in [1.807, 2.05) is 17.0 Å². The molecule has 3 N–H and O–H groups in total. The summed E-state index contributed by atoms with van der Waals surface area (Å²) in [5.74, 6) is 0.117. The number of rotatable bonds is 7. The highest BCUT2D eigenvalue weighted by molar-refractivity contribution is 7.16. The quantitative estimate of drug-likeness (QED) is 0.747. The van der Waals surface area contributed by atoms with E-state index in [1.165, 1.54) is 11.3 Å². The summed E-state index contributed by atoms with van der Waals surface area (Å²) in [6.45, 7) is 1.65. The molecule has 1 aromatic heterocycles. The summed E-state index contributed by atoms with van der Waals surface area (Å²) in [5.41, 5.74) is 5.38. The average Bonchev–Trinajstić information content (AvgIpc) is 2.97. The van der Waals surface area contributed by atoms with Gasteiger partial charge in [-0.2, -0.15) is 0 Å². The lowest BCUT2D eigenvalue weighted by molar-refractivity contribution is -0.135. The highest BCUT2D eigenvalue weighted by Gasteiger charge is 2.26. The van der Waals surface area contributed by atoms with E-state index in [1.54, 1.807) is 0 Å². The van der Waals surface area contributed by atoms with Crippen LogP contribution in [0.4, 0.5) is 0 Å². The standard InChI is InChI=1S/C16H24ClN3O2S.ClH/c17-14-6-4-13(23-14)5-7-16(22)20-10-2-1-3-12(20)11-19-15(21)8-9-18;/h4,6,12H,1-3,5,7-11,18H2,(H,19,21);1H. The molecule has 24 heavy (non-hydrogen) atoms. The van der Waals surface area contributed by atoms with Gasteiger partial charge in [0.05, 0.1) is 4.34 Å². The monoisotopic (exact) mass is 393 g/mol. The van der Waals surface area contributed by atoms with Crippen molar-refractivity contribution in [3.63, 3.8) is 0 Å². The molecule has 1 aliphatic heterocycles. The molecule has 0 aromatic carbocycles. The summed E-state index contributed by atoms with van der Waals surface area (Å²) < 4.78 is 0.755. The molecule has 1 unspecified atom stereocenters. The van der Waals surface area contributed by atoms with Gasteiger partial charge >= 0.3 is 0 Å². The zero-order chi connectivity index (χ0) is 16.7. The first-order valence-corrected chi connectivity index (χ1v) is 9.30. The second kappa shape index (κ2) is 10.9. The second-order valence-corrected chi connectivity index (χ2v) is 7.58. The molecule has 1 aliphatic rings. The molecule has 0 radical (unpaired) electrons. The van der Waals surface area contributed by atoms with E-state index in [0.29, 0.717) is 25.9 Å². The lowest BCUT2D eigenvalue weighted by Gasteiger charge is -2.36. The van der Waals surface area contributed by atoms with Crippen molar-refractivity contribution in [3.8, 4) is 0 Å². The third-order valence-electron chi connectivity index (χ3n) is 4.07. The normalized spacial score (nSPS) is 17.2. The van der Waals surface area contributed by atoms with E-state index >= 15 is 0 Å². The average molecular weight is 394 g/mol. The summed E-state index contributed by atoms with van der Waals surface area (Å²) in [6.07, 6.45) is 4.62. The Morgan fingerprint density at radius 3 is 2.79 bits per heavy atom. The first-order valence-electron chi connectivity index (χ1n) is 8.10. The Labute approximate surface area is 158 Å². The predicted octanol–water partition coefficient (Wildman–Crippen LogP) is 2.60. The first-order chi connectivity index (χ1) is 11.1. The van der Waals surface area contributed by atoms with E-state index in [2.05, 4.69) is 5.32 Å². The van der Waals surface area contributed by atoms with Gasteiger partial charge in [-0.25, -0.2) is 0 Å². The van der Waals surface area contributed by atoms with Gasteiger partial charge in [0.1, 0.15) is 0 Å². The van der Waals surface area contributed by atoms with Gasteiger partial charge < -0.3 is 16.0 Å². The Balaban J connectivity index is 0.00000288. The maximum absolute atomic E-state index is 12.5. The van der Waals surface area contributed by atoms with Crippen LogP contribution in [0, 0.1) is 0 Å². The van der Waals surface area contributed by atoms with Crippen molar-refractivity contribution in [2.24, 2.45) is 5.73 Å². The molecule has 1 aromatic rings. The highest BCUT2D eigenvalue weighted by atomic mass is 35.5. The number of nitrogens with one attached hydrogen (secondary N) is 1. The number of nitrogens with zero attached hydrogens (tertiary/aromatic N) is 1. The molecule has 5 nitrogen and oxygen atoms in total. The molecule has 0 spiro atoms. The Morgan fingerprint density at radius 1 is 1.33 bits per heavy atom. The summed E-state index contributed by atoms with van der Waals surface area (Å²) in [4.78, 5) is 27.2. The SMILES string of the molecule is Cl.NCCC(=O)NCC1CCCCN1C(=O)CCc1ccc(Cl)s1. The lowest BCUT2D eigenvalue weighted by Crippen LogP contribution is -2.49. The van der Waals surface area contributed by atoms with Crippen molar-refractivity contribution in [1.29, 1.82) is 0 Å². The molecule has 1 saturated heterocycles. The fraction of sp³-hybridized carbons (Fsp3) is 0.625. The van der Waals surface area contributed by atoms with E-state index in [9.17, 15) is 9.59 Å². The van der Waals surface area contributed by atoms with Crippen LogP contribution in [-0.4, -0.2) is 42.4 Å². The largest absolute Gasteiger partial charge is 0.354 e. The molecule has 0 bridgehead atoms. The van der Waals surface area contributed by atoms with E-state index in [4.69, 9.17) is 17.3 Å². The minimum Gasteiger partial charge on any atom is -0.354 e. The number of likely N-dealkylation sites (tertiary alicyclic amines) is 1. The Kier molecular flexibility index (Phi) is 9.66. The molecule has 2 amide bonds. The molecular weight excluding hydrogens is 369 g/mol. The van der Waals surface area contributed by atoms with Crippen LogP contribution in [0.1, 0.15) is 37.0 Å². The summed E-state index contributed by atoms with van der Waals surface area (Å²) >= 11 is 7.44. The lowest BCUT2D eigenvalue weighted by atomic mass is 10.0. The van der Waals surface area contributed by atoms with Crippen LogP contribution in [-0.2, 0) is 16.0 Å². The second-order valence-electron chi connectivity index (χ2n) is 5.79. The van der Waals surface area contributed by atoms with Crippen LogP contribution in [0.2, 0.25) is 4.34 Å². The van der Waals surface area contributed by atoms with Crippen molar-refractivity contribution >= 4 is 47.2 Å². The molecule has 2 heterocycles. The van der Waals surface area contributed by atoms with Gasteiger partial charge in [0, 0.05) is 43.4 Å². The smallest absolute Gasteiger partial charge is 0.223 e. The van der Waals surface area contributed by atoms with Crippen molar-refractivity contribution < 1.29 is 9.59 Å². The number of carbonyl (C=O) groups is 2. The van der Waals surface area contributed by atoms with Gasteiger partial charge in [-0.3, -0.25) is 9.59 Å². The van der Waals surface area contributed by atoms with Crippen molar-refractivity contribution in [2.45, 2.75) is 44.6 Å². The van der Waals surface area contributed by atoms with Crippen molar-refractivity contribution in [3.05, 3.63) is 21.3 Å². The summed E-state index contributed by atoms with van der Waals surface area (Å²) in [7, 11) is 0. The number of hydrogen-bond acceptors (Lipinski definition) is 4. The predicted molar refractivity (Wildman–Crippen MR) is 101 cm³/mol. The highest BCUT2D eigenvalue weighted by Crippen LogP contribution is 2.23. The number of hydrogen-bond donors (Lipinski definition) is 2. The van der Waals surface area contributed by atoms with Gasteiger partial charge in [-0.15, -0.1) is 23.7 Å². The Hall–Kier alpha value is -0.820. The fourth-order valence-electron chi connectivity index (χ4n) is 2.85. The number of carbonyl (C=O) groups excluding carboxylic acids is 2. The van der Waals surface area contributed by atoms with E-state index < -0.39 is 0 Å². The van der Waals surface area contributed by atoms with E-state index in [0.717, 1.165) is 41.4 Å². The van der Waals surface area contributed by atoms with Gasteiger partial charge in [0.2, 0.25) is 11.8 Å². The molecule has 8 heteroatoms. The van der Waals surface area contributed by atoms with Crippen LogP contribution in [0.3, 0.4) is 0 Å². The molecule has 1 atom stereocenters. The Bertz CT molecular complexity index is 539. The zero-order valence-corrected chi connectivity index (χ0v) is 16.0. The number of amides is 2. The summed E-state index contributed by atoms with van der Waals surface area (Å²) in [6, 6.07) is 3.94. The third-order valence-corrected chi connectivity index (χ3v) is 5.36. The van der Waals surface area contributed by atoms with Crippen LogP contribution >= 0.6 is 35.3 Å². The topological polar surface area (TPSA) is 75.4 Å². The number of nitrogens with two attached hydrogens (primary N) is 1. The minimum atomic E-state index is -0.0429. The van der Waals surface area contributed by atoms with Gasteiger partial charge in [-0.1, -0.05) is 11.6 Å². The van der Waals surface area contributed by atoms with Crippen LogP contribution in [0.25, 0.3) is 0 Å². The molecule has 1 fully saturated rings. The van der Waals surface area contributed by atoms with Crippen LogP contribution in [0.15, 0.2) is 12.1 Å². The number of piperidine rings is 1. The number of halogens is 2. The van der Waals surface area contributed by atoms with E-state index in [-0.39, 0.29) is 30.3 Å². The minimum absolute atomic E-state index is 0. The van der Waals surface area contributed by atoms with Gasteiger partial charge in [0.25, 0.3) is 0 Å². The van der Waals surface area contributed by atoms with Crippen LogP contribution in [0.5, 0.6) is 0 Å². The fourth-order valence-corrected chi connectivity index (χ4v) is 3.94. The molecule has 2 rings (SSSR count). The maximum atomic E-state index is 12.5. The summed E-state index contributed by atoms with van der Waals surface area (Å²) in [5, 5.41) is 2.89.